The molecule has 0 radical (unpaired) electrons. The van der Waals surface area contributed by atoms with E-state index in [4.69, 9.17) is 17.3 Å². The summed E-state index contributed by atoms with van der Waals surface area (Å²) in [6.07, 6.45) is 1.77. The van der Waals surface area contributed by atoms with Crippen molar-refractivity contribution in [3.05, 3.63) is 53.6 Å². The third kappa shape index (κ3) is 1.71. The van der Waals surface area contributed by atoms with Crippen LogP contribution in [0.5, 0.6) is 0 Å². The molecule has 0 spiro atoms. The summed E-state index contributed by atoms with van der Waals surface area (Å²) in [5.41, 5.74) is 7.68. The molecule has 1 aromatic carbocycles. The lowest BCUT2D eigenvalue weighted by atomic mass is 10.2. The first-order valence-electron chi connectivity index (χ1n) is 5.34. The first-order chi connectivity index (χ1) is 8.65. The van der Waals surface area contributed by atoms with Crippen molar-refractivity contribution in [2.45, 2.75) is 0 Å². The summed E-state index contributed by atoms with van der Waals surface area (Å²) in [5, 5.41) is 0.349. The number of nitrogen functional groups attached to an aromatic ring is 1. The highest BCUT2D eigenvalue weighted by atomic mass is 35.5. The van der Waals surface area contributed by atoms with Crippen LogP contribution in [0.15, 0.2) is 42.6 Å². The average molecular weight is 262 g/mol. The predicted molar refractivity (Wildman–Crippen MR) is 70.0 cm³/mol. The topological polar surface area (TPSA) is 43.3 Å². The Morgan fingerprint density at radius 1 is 1.22 bits per heavy atom. The Hall–Kier alpha value is -2.07. The Labute approximate surface area is 108 Å². The number of fused-ring (bicyclic) bond motifs is 1. The molecule has 0 unspecified atom stereocenters. The summed E-state index contributed by atoms with van der Waals surface area (Å²) in [6, 6.07) is 9.70. The quantitative estimate of drug-likeness (QED) is 0.730. The number of anilines is 1. The number of rotatable bonds is 1. The van der Waals surface area contributed by atoms with Gasteiger partial charge in [-0.1, -0.05) is 23.7 Å². The minimum atomic E-state index is -0.309. The van der Waals surface area contributed by atoms with Crippen molar-refractivity contribution < 1.29 is 4.39 Å². The third-order valence-corrected chi connectivity index (χ3v) is 2.98. The minimum Gasteiger partial charge on any atom is -0.399 e. The Balaban J connectivity index is 2.30. The third-order valence-electron chi connectivity index (χ3n) is 2.71. The van der Waals surface area contributed by atoms with E-state index in [1.165, 1.54) is 12.1 Å². The second-order valence-electron chi connectivity index (χ2n) is 3.95. The van der Waals surface area contributed by atoms with E-state index >= 15 is 0 Å². The van der Waals surface area contributed by atoms with E-state index in [0.717, 1.165) is 0 Å². The molecule has 18 heavy (non-hydrogen) atoms. The van der Waals surface area contributed by atoms with Crippen LogP contribution in [0.2, 0.25) is 5.15 Å². The monoisotopic (exact) mass is 261 g/mol. The van der Waals surface area contributed by atoms with Crippen LogP contribution < -0.4 is 5.73 Å². The molecule has 3 aromatic rings. The Morgan fingerprint density at radius 3 is 2.83 bits per heavy atom. The number of benzene rings is 1. The molecule has 2 aromatic heterocycles. The van der Waals surface area contributed by atoms with Crippen molar-refractivity contribution >= 4 is 22.8 Å². The number of hydrogen-bond acceptors (Lipinski definition) is 2. The van der Waals surface area contributed by atoms with Gasteiger partial charge in [-0.15, -0.1) is 0 Å². The van der Waals surface area contributed by atoms with Crippen molar-refractivity contribution in [1.29, 1.82) is 0 Å². The Bertz CT molecular complexity index is 736. The van der Waals surface area contributed by atoms with E-state index in [1.807, 2.05) is 0 Å². The van der Waals surface area contributed by atoms with Crippen LogP contribution in [-0.2, 0) is 0 Å². The molecule has 0 atom stereocenters. The van der Waals surface area contributed by atoms with Crippen molar-refractivity contribution in [2.24, 2.45) is 0 Å². The number of pyridine rings is 1. The average Bonchev–Trinajstić information content (AvgIpc) is 2.67. The fourth-order valence-corrected chi connectivity index (χ4v) is 2.12. The van der Waals surface area contributed by atoms with E-state index in [2.05, 4.69) is 4.98 Å². The lowest BCUT2D eigenvalue weighted by Gasteiger charge is -2.02. The lowest BCUT2D eigenvalue weighted by Crippen LogP contribution is -1.91. The Morgan fingerprint density at radius 2 is 2.06 bits per heavy atom. The van der Waals surface area contributed by atoms with Crippen LogP contribution in [0.1, 0.15) is 0 Å². The van der Waals surface area contributed by atoms with Crippen LogP contribution in [-0.4, -0.2) is 9.38 Å². The van der Waals surface area contributed by atoms with Crippen molar-refractivity contribution in [1.82, 2.24) is 9.38 Å². The number of nitrogens with two attached hydrogens (primary N) is 1. The summed E-state index contributed by atoms with van der Waals surface area (Å²) in [7, 11) is 0. The molecule has 2 heterocycles. The molecular formula is C13H9ClFN3. The normalized spacial score (nSPS) is 11.0. The van der Waals surface area contributed by atoms with Gasteiger partial charge in [-0.3, -0.25) is 4.40 Å². The maximum Gasteiger partial charge on any atom is 0.155 e. The Kier molecular flexibility index (Phi) is 2.45. The SMILES string of the molecule is Nc1ccn2c(-c3cccc(F)c3)nc(Cl)c2c1. The molecule has 0 amide bonds. The van der Waals surface area contributed by atoms with Gasteiger partial charge >= 0.3 is 0 Å². The number of imidazole rings is 1. The molecular weight excluding hydrogens is 253 g/mol. The van der Waals surface area contributed by atoms with E-state index in [-0.39, 0.29) is 5.82 Å². The first kappa shape index (κ1) is 11.0. The zero-order chi connectivity index (χ0) is 12.7. The van der Waals surface area contributed by atoms with Crippen LogP contribution in [0, 0.1) is 5.82 Å². The fraction of sp³-hybridized carbons (Fsp3) is 0. The molecule has 5 heteroatoms. The van der Waals surface area contributed by atoms with Gasteiger partial charge in [-0.05, 0) is 24.3 Å². The highest BCUT2D eigenvalue weighted by molar-refractivity contribution is 6.33. The van der Waals surface area contributed by atoms with Gasteiger partial charge < -0.3 is 5.73 Å². The number of nitrogens with zero attached hydrogens (tertiary/aromatic N) is 2. The molecule has 0 aliphatic heterocycles. The number of halogens is 2. The van der Waals surface area contributed by atoms with E-state index in [9.17, 15) is 4.39 Å². The minimum absolute atomic E-state index is 0.309. The maximum absolute atomic E-state index is 13.2. The van der Waals surface area contributed by atoms with Crippen molar-refractivity contribution in [3.63, 3.8) is 0 Å². The lowest BCUT2D eigenvalue weighted by molar-refractivity contribution is 0.628. The van der Waals surface area contributed by atoms with E-state index < -0.39 is 0 Å². The highest BCUT2D eigenvalue weighted by Crippen LogP contribution is 2.27. The molecule has 3 nitrogen and oxygen atoms in total. The van der Waals surface area contributed by atoms with Crippen LogP contribution in [0.25, 0.3) is 16.9 Å². The number of aromatic nitrogens is 2. The molecule has 0 saturated carbocycles. The van der Waals surface area contributed by atoms with Gasteiger partial charge in [0.25, 0.3) is 0 Å². The van der Waals surface area contributed by atoms with Gasteiger partial charge in [0, 0.05) is 17.4 Å². The zero-order valence-corrected chi connectivity index (χ0v) is 10.0. The zero-order valence-electron chi connectivity index (χ0n) is 9.27. The van der Waals surface area contributed by atoms with E-state index in [1.54, 1.807) is 34.9 Å². The molecule has 0 aliphatic carbocycles. The molecule has 3 rings (SSSR count). The van der Waals surface area contributed by atoms with Gasteiger partial charge in [-0.25, -0.2) is 9.37 Å². The molecule has 0 bridgehead atoms. The second kappa shape index (κ2) is 3.99. The van der Waals surface area contributed by atoms with Gasteiger partial charge in [-0.2, -0.15) is 0 Å². The molecule has 0 fully saturated rings. The smallest absolute Gasteiger partial charge is 0.155 e. The molecule has 0 saturated heterocycles. The summed E-state index contributed by atoms with van der Waals surface area (Å²) in [6.45, 7) is 0. The van der Waals surface area contributed by atoms with Crippen molar-refractivity contribution in [3.8, 4) is 11.4 Å². The van der Waals surface area contributed by atoms with Crippen molar-refractivity contribution in [2.75, 3.05) is 5.73 Å². The van der Waals surface area contributed by atoms with Gasteiger partial charge in [0.1, 0.15) is 11.6 Å². The maximum atomic E-state index is 13.2. The first-order valence-corrected chi connectivity index (χ1v) is 5.72. The number of hydrogen-bond donors (Lipinski definition) is 1. The van der Waals surface area contributed by atoms with Gasteiger partial charge in [0.05, 0.1) is 5.52 Å². The van der Waals surface area contributed by atoms with Crippen LogP contribution in [0.4, 0.5) is 10.1 Å². The summed E-state index contributed by atoms with van der Waals surface area (Å²) >= 11 is 6.06. The predicted octanol–water partition coefficient (Wildman–Crippen LogP) is 3.38. The fourth-order valence-electron chi connectivity index (χ4n) is 1.90. The molecule has 90 valence electrons. The highest BCUT2D eigenvalue weighted by Gasteiger charge is 2.11. The van der Waals surface area contributed by atoms with Gasteiger partial charge in [0.15, 0.2) is 5.15 Å². The standard InChI is InChI=1S/C13H9ClFN3/c14-12-11-7-10(16)4-5-18(11)13(17-12)8-2-1-3-9(15)6-8/h1-7H,16H2. The summed E-state index contributed by atoms with van der Waals surface area (Å²) in [5.74, 6) is 0.283. The summed E-state index contributed by atoms with van der Waals surface area (Å²) in [4.78, 5) is 4.25. The largest absolute Gasteiger partial charge is 0.399 e. The van der Waals surface area contributed by atoms with Gasteiger partial charge in [0.2, 0.25) is 0 Å². The molecule has 0 aliphatic rings. The molecule has 2 N–H and O–H groups in total. The second-order valence-corrected chi connectivity index (χ2v) is 4.31. The van der Waals surface area contributed by atoms with Crippen LogP contribution >= 0.6 is 11.6 Å². The summed E-state index contributed by atoms with van der Waals surface area (Å²) < 4.78 is 15.0. The van der Waals surface area contributed by atoms with Crippen LogP contribution in [0.3, 0.4) is 0 Å². The van der Waals surface area contributed by atoms with E-state index in [0.29, 0.717) is 27.7 Å².